The van der Waals surface area contributed by atoms with Crippen LogP contribution in [0.1, 0.15) is 30.0 Å². The van der Waals surface area contributed by atoms with Gasteiger partial charge in [0.05, 0.1) is 6.04 Å². The molecule has 0 saturated heterocycles. The van der Waals surface area contributed by atoms with Gasteiger partial charge in [-0.2, -0.15) is 0 Å². The lowest BCUT2D eigenvalue weighted by Gasteiger charge is -2.19. The molecule has 1 aromatic carbocycles. The van der Waals surface area contributed by atoms with Crippen molar-refractivity contribution < 1.29 is 0 Å². The maximum absolute atomic E-state index is 5.53. The molecule has 3 N–H and O–H groups in total. The zero-order valence-electron chi connectivity index (χ0n) is 11.1. The van der Waals surface area contributed by atoms with Crippen LogP contribution in [0.3, 0.4) is 0 Å². The molecule has 100 valence electrons. The van der Waals surface area contributed by atoms with Gasteiger partial charge in [0.1, 0.15) is 0 Å². The van der Waals surface area contributed by atoms with Crippen LogP contribution in [0.25, 0.3) is 0 Å². The maximum atomic E-state index is 5.53. The van der Waals surface area contributed by atoms with Gasteiger partial charge in [-0.25, -0.2) is 0 Å². The number of hydrogen-bond acceptors (Lipinski definition) is 3. The third-order valence-corrected chi connectivity index (χ3v) is 3.15. The molecule has 1 unspecified atom stereocenters. The number of hydrogen-bond donors (Lipinski definition) is 2. The molecule has 0 saturated carbocycles. The number of rotatable bonds is 7. The average Bonchev–Trinajstić information content (AvgIpc) is 2.49. The average molecular weight is 255 g/mol. The zero-order chi connectivity index (χ0) is 13.3. The number of pyridine rings is 1. The van der Waals surface area contributed by atoms with Gasteiger partial charge in [-0.1, -0.05) is 30.3 Å². The number of nitrogens with two attached hydrogens (primary N) is 1. The van der Waals surface area contributed by atoms with E-state index in [-0.39, 0.29) is 6.04 Å². The highest BCUT2D eigenvalue weighted by molar-refractivity contribution is 5.30. The summed E-state index contributed by atoms with van der Waals surface area (Å²) in [6.07, 6.45) is 5.84. The molecule has 2 rings (SSSR count). The first-order valence-electron chi connectivity index (χ1n) is 6.80. The maximum Gasteiger partial charge on any atom is 0.0577 e. The van der Waals surface area contributed by atoms with Gasteiger partial charge in [0, 0.05) is 12.4 Å². The van der Waals surface area contributed by atoms with Crippen LogP contribution in [0.5, 0.6) is 0 Å². The van der Waals surface area contributed by atoms with E-state index in [0.717, 1.165) is 25.9 Å². The minimum Gasteiger partial charge on any atom is -0.330 e. The summed E-state index contributed by atoms with van der Waals surface area (Å²) in [6, 6.07) is 14.8. The van der Waals surface area contributed by atoms with Gasteiger partial charge in [-0.05, 0) is 49.2 Å². The third-order valence-electron chi connectivity index (χ3n) is 3.15. The summed E-state index contributed by atoms with van der Waals surface area (Å²) >= 11 is 0. The smallest absolute Gasteiger partial charge is 0.0577 e. The van der Waals surface area contributed by atoms with Crippen molar-refractivity contribution in [2.24, 2.45) is 5.73 Å². The molecular weight excluding hydrogens is 234 g/mol. The minimum absolute atomic E-state index is 0.224. The normalized spacial score (nSPS) is 12.3. The number of nitrogens with zero attached hydrogens (tertiary/aromatic N) is 1. The van der Waals surface area contributed by atoms with Gasteiger partial charge in [0.15, 0.2) is 0 Å². The Labute approximate surface area is 114 Å². The number of unbranched alkanes of at least 4 members (excludes halogenated alkanes) is 1. The monoisotopic (exact) mass is 255 g/mol. The summed E-state index contributed by atoms with van der Waals surface area (Å²) in [5.74, 6) is 0. The SMILES string of the molecule is NCCCCNC(c1ccccc1)c1ccncc1. The molecule has 0 radical (unpaired) electrons. The van der Waals surface area contributed by atoms with Crippen LogP contribution < -0.4 is 11.1 Å². The Morgan fingerprint density at radius 1 is 0.947 bits per heavy atom. The molecule has 0 aliphatic heterocycles. The quantitative estimate of drug-likeness (QED) is 0.747. The van der Waals surface area contributed by atoms with E-state index in [4.69, 9.17) is 5.73 Å². The first-order chi connectivity index (χ1) is 9.42. The van der Waals surface area contributed by atoms with Gasteiger partial charge in [0.25, 0.3) is 0 Å². The third kappa shape index (κ3) is 4.16. The predicted molar refractivity (Wildman–Crippen MR) is 78.8 cm³/mol. The van der Waals surface area contributed by atoms with Crippen LogP contribution in [0, 0.1) is 0 Å². The lowest BCUT2D eigenvalue weighted by atomic mass is 9.99. The van der Waals surface area contributed by atoms with Crippen molar-refractivity contribution in [3.63, 3.8) is 0 Å². The van der Waals surface area contributed by atoms with E-state index in [1.165, 1.54) is 11.1 Å². The number of nitrogens with one attached hydrogen (secondary N) is 1. The fraction of sp³-hybridized carbons (Fsp3) is 0.312. The van der Waals surface area contributed by atoms with E-state index in [0.29, 0.717) is 0 Å². The first-order valence-corrected chi connectivity index (χ1v) is 6.80. The van der Waals surface area contributed by atoms with Crippen molar-refractivity contribution in [1.29, 1.82) is 0 Å². The highest BCUT2D eigenvalue weighted by Gasteiger charge is 2.12. The van der Waals surface area contributed by atoms with Crippen molar-refractivity contribution in [3.8, 4) is 0 Å². The van der Waals surface area contributed by atoms with Gasteiger partial charge >= 0.3 is 0 Å². The lowest BCUT2D eigenvalue weighted by Crippen LogP contribution is -2.24. The fourth-order valence-electron chi connectivity index (χ4n) is 2.15. The Bertz CT molecular complexity index is 416. The van der Waals surface area contributed by atoms with Crippen LogP contribution in [0.4, 0.5) is 0 Å². The molecule has 0 aliphatic rings. The molecule has 0 fully saturated rings. The summed E-state index contributed by atoms with van der Waals surface area (Å²) in [5.41, 5.74) is 8.06. The van der Waals surface area contributed by atoms with Gasteiger partial charge in [-0.3, -0.25) is 4.98 Å². The second-order valence-corrected chi connectivity index (χ2v) is 4.57. The fourth-order valence-corrected chi connectivity index (χ4v) is 2.15. The van der Waals surface area contributed by atoms with Crippen LogP contribution in [-0.4, -0.2) is 18.1 Å². The molecule has 1 heterocycles. The molecule has 0 amide bonds. The Kier molecular flexibility index (Phi) is 5.53. The molecule has 2 aromatic rings. The molecule has 19 heavy (non-hydrogen) atoms. The Balaban J connectivity index is 2.10. The van der Waals surface area contributed by atoms with Crippen molar-refractivity contribution in [2.45, 2.75) is 18.9 Å². The second kappa shape index (κ2) is 7.67. The van der Waals surface area contributed by atoms with E-state index in [2.05, 4.69) is 46.7 Å². The molecule has 3 nitrogen and oxygen atoms in total. The summed E-state index contributed by atoms with van der Waals surface area (Å²) in [6.45, 7) is 1.73. The Morgan fingerprint density at radius 2 is 1.63 bits per heavy atom. The summed E-state index contributed by atoms with van der Waals surface area (Å²) in [4.78, 5) is 4.09. The molecular formula is C16H21N3. The van der Waals surface area contributed by atoms with E-state index in [1.807, 2.05) is 18.5 Å². The van der Waals surface area contributed by atoms with Crippen molar-refractivity contribution in [2.75, 3.05) is 13.1 Å². The van der Waals surface area contributed by atoms with Gasteiger partial charge < -0.3 is 11.1 Å². The van der Waals surface area contributed by atoms with Crippen LogP contribution in [0.2, 0.25) is 0 Å². The van der Waals surface area contributed by atoms with E-state index in [1.54, 1.807) is 0 Å². The first kappa shape index (κ1) is 13.7. The molecule has 0 spiro atoms. The highest BCUT2D eigenvalue weighted by atomic mass is 14.9. The topological polar surface area (TPSA) is 50.9 Å². The molecule has 3 heteroatoms. The van der Waals surface area contributed by atoms with Crippen LogP contribution in [-0.2, 0) is 0 Å². The Hall–Kier alpha value is -1.71. The van der Waals surface area contributed by atoms with E-state index < -0.39 is 0 Å². The standard InChI is InChI=1S/C16H21N3/c17-10-4-5-11-19-16(14-6-2-1-3-7-14)15-8-12-18-13-9-15/h1-3,6-9,12-13,16,19H,4-5,10-11,17H2. The van der Waals surface area contributed by atoms with Crippen LogP contribution >= 0.6 is 0 Å². The number of aromatic nitrogens is 1. The molecule has 0 bridgehead atoms. The lowest BCUT2D eigenvalue weighted by molar-refractivity contribution is 0.571. The number of benzene rings is 1. The van der Waals surface area contributed by atoms with Crippen molar-refractivity contribution >= 4 is 0 Å². The van der Waals surface area contributed by atoms with E-state index in [9.17, 15) is 0 Å². The van der Waals surface area contributed by atoms with Gasteiger partial charge in [0.2, 0.25) is 0 Å². The largest absolute Gasteiger partial charge is 0.330 e. The zero-order valence-corrected chi connectivity index (χ0v) is 11.1. The summed E-state index contributed by atoms with van der Waals surface area (Å²) in [7, 11) is 0. The summed E-state index contributed by atoms with van der Waals surface area (Å²) in [5, 5.41) is 3.60. The molecule has 1 aromatic heterocycles. The van der Waals surface area contributed by atoms with Crippen LogP contribution in [0.15, 0.2) is 54.9 Å². The second-order valence-electron chi connectivity index (χ2n) is 4.57. The van der Waals surface area contributed by atoms with Crippen molar-refractivity contribution in [1.82, 2.24) is 10.3 Å². The molecule has 1 atom stereocenters. The van der Waals surface area contributed by atoms with E-state index >= 15 is 0 Å². The predicted octanol–water partition coefficient (Wildman–Crippen LogP) is 2.50. The highest BCUT2D eigenvalue weighted by Crippen LogP contribution is 2.21. The summed E-state index contributed by atoms with van der Waals surface area (Å²) < 4.78 is 0. The van der Waals surface area contributed by atoms with Crippen molar-refractivity contribution in [3.05, 3.63) is 66.0 Å². The van der Waals surface area contributed by atoms with Gasteiger partial charge in [-0.15, -0.1) is 0 Å². The Morgan fingerprint density at radius 3 is 2.32 bits per heavy atom. The minimum atomic E-state index is 0.224. The molecule has 0 aliphatic carbocycles.